The molecule has 0 spiro atoms. The average Bonchev–Trinajstić information content (AvgIpc) is 3.09. The van der Waals surface area contributed by atoms with Crippen molar-refractivity contribution >= 4 is 39.3 Å². The van der Waals surface area contributed by atoms with Gasteiger partial charge in [0.15, 0.2) is 0 Å². The molecule has 0 radical (unpaired) electrons. The number of anilines is 1. The molecule has 1 unspecified atom stereocenters. The molecule has 0 aliphatic carbocycles. The third kappa shape index (κ3) is 9.64. The van der Waals surface area contributed by atoms with Crippen LogP contribution >= 0.6 is 11.8 Å². The van der Waals surface area contributed by atoms with Gasteiger partial charge in [-0.25, -0.2) is 8.42 Å². The fourth-order valence-corrected chi connectivity index (χ4v) is 7.03. The Morgan fingerprint density at radius 1 is 0.854 bits per heavy atom. The molecule has 0 bridgehead atoms. The molecule has 4 rings (SSSR count). The summed E-state index contributed by atoms with van der Waals surface area (Å²) < 4.78 is 35.8. The Balaban J connectivity index is 1.83. The summed E-state index contributed by atoms with van der Waals surface area (Å²) in [5, 5.41) is 3.02. The van der Waals surface area contributed by atoms with E-state index in [0.717, 1.165) is 25.9 Å². The molecular formula is C38H45N3O5S2. The van der Waals surface area contributed by atoms with Crippen LogP contribution in [0.3, 0.4) is 0 Å². The van der Waals surface area contributed by atoms with Crippen molar-refractivity contribution in [3.05, 3.63) is 120 Å². The summed E-state index contributed by atoms with van der Waals surface area (Å²) in [5.41, 5.74) is 3.00. The molecule has 0 aliphatic heterocycles. The fourth-order valence-electron chi connectivity index (χ4n) is 5.20. The minimum atomic E-state index is -4.26. The van der Waals surface area contributed by atoms with Crippen LogP contribution in [0.25, 0.3) is 0 Å². The molecule has 2 amide bonds. The van der Waals surface area contributed by atoms with Gasteiger partial charge in [0.2, 0.25) is 11.8 Å². The van der Waals surface area contributed by atoms with Crippen LogP contribution in [0.4, 0.5) is 5.69 Å². The molecule has 1 N–H and O–H groups in total. The molecule has 0 saturated heterocycles. The molecule has 48 heavy (non-hydrogen) atoms. The molecule has 4 aromatic carbocycles. The van der Waals surface area contributed by atoms with E-state index in [9.17, 15) is 18.0 Å². The van der Waals surface area contributed by atoms with Crippen molar-refractivity contribution < 1.29 is 22.7 Å². The van der Waals surface area contributed by atoms with Crippen LogP contribution in [-0.4, -0.2) is 57.1 Å². The summed E-state index contributed by atoms with van der Waals surface area (Å²) in [6.45, 7) is 8.10. The first-order valence-electron chi connectivity index (χ1n) is 16.1. The van der Waals surface area contributed by atoms with Crippen molar-refractivity contribution in [2.75, 3.05) is 30.3 Å². The van der Waals surface area contributed by atoms with Crippen LogP contribution in [0.2, 0.25) is 0 Å². The Bertz CT molecular complexity index is 1750. The molecule has 0 aliphatic rings. The summed E-state index contributed by atoms with van der Waals surface area (Å²) in [6, 6.07) is 29.7. The standard InChI is InChI=1S/C38H45N3O5S2/c1-6-46-36-15-11-10-14-34(36)41(48(44,45)33-22-20-32(47-5)21-23-33)27-37(42)40(26-31-18-16-29(4)17-19-31)35(38(43)39-25-28(2)3)24-30-12-8-7-9-13-30/h7-23,28,35H,6,24-27H2,1-5H3,(H,39,43). The third-order valence-corrected chi connectivity index (χ3v) is 10.3. The normalized spacial score (nSPS) is 12.0. The topological polar surface area (TPSA) is 96.0 Å². The van der Waals surface area contributed by atoms with Crippen LogP contribution in [0.5, 0.6) is 5.75 Å². The monoisotopic (exact) mass is 687 g/mol. The van der Waals surface area contributed by atoms with Crippen molar-refractivity contribution in [3.63, 3.8) is 0 Å². The molecule has 1 atom stereocenters. The van der Waals surface area contributed by atoms with Gasteiger partial charge in [0.05, 0.1) is 17.2 Å². The number of amides is 2. The lowest BCUT2D eigenvalue weighted by atomic mass is 10.0. The molecule has 10 heteroatoms. The van der Waals surface area contributed by atoms with Crippen LogP contribution in [0.1, 0.15) is 37.5 Å². The Hall–Kier alpha value is -4.28. The Morgan fingerprint density at radius 2 is 1.50 bits per heavy atom. The highest BCUT2D eigenvalue weighted by Crippen LogP contribution is 2.33. The minimum Gasteiger partial charge on any atom is -0.492 e. The van der Waals surface area contributed by atoms with E-state index < -0.39 is 28.5 Å². The number of hydrogen-bond donors (Lipinski definition) is 1. The molecule has 0 saturated carbocycles. The minimum absolute atomic E-state index is 0.0417. The SMILES string of the molecule is CCOc1ccccc1N(CC(=O)N(Cc1ccc(C)cc1)C(Cc1ccccc1)C(=O)NCC(C)C)S(=O)(=O)c1ccc(SC)cc1. The second-order valence-electron chi connectivity index (χ2n) is 11.9. The number of nitrogens with zero attached hydrogens (tertiary/aromatic N) is 2. The van der Waals surface area contributed by atoms with Crippen molar-refractivity contribution in [1.82, 2.24) is 10.2 Å². The predicted octanol–water partition coefficient (Wildman–Crippen LogP) is 6.72. The maximum atomic E-state index is 14.7. The zero-order valence-corrected chi connectivity index (χ0v) is 29.9. The van der Waals surface area contributed by atoms with Crippen LogP contribution in [-0.2, 0) is 32.6 Å². The Labute approximate surface area is 289 Å². The molecule has 0 fully saturated rings. The van der Waals surface area contributed by atoms with Gasteiger partial charge in [0.1, 0.15) is 18.3 Å². The second-order valence-corrected chi connectivity index (χ2v) is 14.7. The summed E-state index contributed by atoms with van der Waals surface area (Å²) >= 11 is 1.50. The summed E-state index contributed by atoms with van der Waals surface area (Å²) in [6.07, 6.45) is 2.17. The van der Waals surface area contributed by atoms with E-state index in [4.69, 9.17) is 4.74 Å². The number of nitrogens with one attached hydrogen (secondary N) is 1. The lowest BCUT2D eigenvalue weighted by Gasteiger charge is -2.34. The number of ether oxygens (including phenoxy) is 1. The van der Waals surface area contributed by atoms with Crippen molar-refractivity contribution in [2.45, 2.75) is 56.5 Å². The Kier molecular flexibility index (Phi) is 13.1. The number of para-hydroxylation sites is 2. The number of aryl methyl sites for hydroxylation is 1. The van der Waals surface area contributed by atoms with Crippen molar-refractivity contribution in [1.29, 1.82) is 0 Å². The van der Waals surface area contributed by atoms with Gasteiger partial charge in [-0.1, -0.05) is 86.1 Å². The maximum absolute atomic E-state index is 14.7. The third-order valence-electron chi connectivity index (χ3n) is 7.79. The molecular weight excluding hydrogens is 643 g/mol. The smallest absolute Gasteiger partial charge is 0.264 e. The van der Waals surface area contributed by atoms with Crippen LogP contribution < -0.4 is 14.4 Å². The van der Waals surface area contributed by atoms with Gasteiger partial charge in [0.25, 0.3) is 10.0 Å². The van der Waals surface area contributed by atoms with Gasteiger partial charge in [-0.05, 0) is 73.5 Å². The molecule has 0 aromatic heterocycles. The number of benzene rings is 4. The van der Waals surface area contributed by atoms with Gasteiger partial charge in [-0.3, -0.25) is 13.9 Å². The number of carbonyl (C=O) groups is 2. The van der Waals surface area contributed by atoms with E-state index in [-0.39, 0.29) is 35.4 Å². The largest absolute Gasteiger partial charge is 0.492 e. The number of thioether (sulfide) groups is 1. The fraction of sp³-hybridized carbons (Fsp3) is 0.316. The van der Waals surface area contributed by atoms with Crippen LogP contribution in [0.15, 0.2) is 113 Å². The van der Waals surface area contributed by atoms with E-state index in [2.05, 4.69) is 5.32 Å². The van der Waals surface area contributed by atoms with E-state index in [1.54, 1.807) is 48.5 Å². The maximum Gasteiger partial charge on any atom is 0.264 e. The van der Waals surface area contributed by atoms with Gasteiger partial charge >= 0.3 is 0 Å². The first kappa shape index (κ1) is 36.6. The first-order valence-corrected chi connectivity index (χ1v) is 18.7. The molecule has 0 heterocycles. The highest BCUT2D eigenvalue weighted by molar-refractivity contribution is 7.98. The predicted molar refractivity (Wildman–Crippen MR) is 194 cm³/mol. The number of sulfonamides is 1. The molecule has 254 valence electrons. The molecule has 8 nitrogen and oxygen atoms in total. The lowest BCUT2D eigenvalue weighted by Crippen LogP contribution is -2.53. The van der Waals surface area contributed by atoms with Crippen molar-refractivity contribution in [2.24, 2.45) is 5.92 Å². The summed E-state index contributed by atoms with van der Waals surface area (Å²) in [7, 11) is -4.26. The number of carbonyl (C=O) groups excluding carboxylic acids is 2. The first-order chi connectivity index (χ1) is 23.0. The van der Waals surface area contributed by atoms with E-state index >= 15 is 0 Å². The van der Waals surface area contributed by atoms with E-state index in [0.29, 0.717) is 18.9 Å². The number of rotatable bonds is 16. The lowest BCUT2D eigenvalue weighted by molar-refractivity contribution is -0.140. The zero-order valence-electron chi connectivity index (χ0n) is 28.3. The van der Waals surface area contributed by atoms with Gasteiger partial charge in [0, 0.05) is 24.4 Å². The zero-order chi connectivity index (χ0) is 34.7. The van der Waals surface area contributed by atoms with Gasteiger partial charge in [-0.15, -0.1) is 11.8 Å². The van der Waals surface area contributed by atoms with Gasteiger partial charge in [-0.2, -0.15) is 0 Å². The van der Waals surface area contributed by atoms with Crippen LogP contribution in [0, 0.1) is 12.8 Å². The average molecular weight is 688 g/mol. The highest BCUT2D eigenvalue weighted by atomic mass is 32.2. The van der Waals surface area contributed by atoms with E-state index in [1.165, 1.54) is 16.7 Å². The summed E-state index contributed by atoms with van der Waals surface area (Å²) in [5.74, 6) is -0.296. The van der Waals surface area contributed by atoms with Crippen molar-refractivity contribution in [3.8, 4) is 5.75 Å². The molecule has 4 aromatic rings. The number of hydrogen-bond acceptors (Lipinski definition) is 6. The summed E-state index contributed by atoms with van der Waals surface area (Å²) in [4.78, 5) is 31.1. The second kappa shape index (κ2) is 17.2. The Morgan fingerprint density at radius 3 is 2.12 bits per heavy atom. The highest BCUT2D eigenvalue weighted by Gasteiger charge is 2.35. The van der Waals surface area contributed by atoms with E-state index in [1.807, 2.05) is 88.5 Å². The quantitative estimate of drug-likeness (QED) is 0.131. The van der Waals surface area contributed by atoms with Gasteiger partial charge < -0.3 is 15.0 Å².